The van der Waals surface area contributed by atoms with Gasteiger partial charge in [-0.25, -0.2) is 0 Å². The smallest absolute Gasteiger partial charge is 0.137 e. The lowest BCUT2D eigenvalue weighted by Gasteiger charge is -2.44. The molecule has 2 aromatic carbocycles. The van der Waals surface area contributed by atoms with E-state index >= 15 is 0 Å². The lowest BCUT2D eigenvalue weighted by Crippen LogP contribution is -2.49. The topological polar surface area (TPSA) is 62.2 Å². The van der Waals surface area contributed by atoms with Gasteiger partial charge in [0.05, 0.1) is 29.9 Å². The summed E-state index contributed by atoms with van der Waals surface area (Å²) >= 11 is 6.22. The second-order valence-corrected chi connectivity index (χ2v) is 11.1. The summed E-state index contributed by atoms with van der Waals surface area (Å²) in [5.74, 6) is 1.50. The maximum atomic E-state index is 11.6. The highest BCUT2D eigenvalue weighted by molar-refractivity contribution is 6.32. The average molecular weight is 488 g/mol. The van der Waals surface area contributed by atoms with Gasteiger partial charge >= 0.3 is 0 Å². The number of aliphatic hydroxyl groups is 2. The summed E-state index contributed by atoms with van der Waals surface area (Å²) in [6.45, 7) is 9.24. The molecule has 0 amide bonds. The van der Waals surface area contributed by atoms with E-state index in [9.17, 15) is 10.2 Å². The minimum absolute atomic E-state index is 0.341. The molecule has 2 fully saturated rings. The van der Waals surface area contributed by atoms with Crippen LogP contribution in [0.4, 0.5) is 0 Å². The van der Waals surface area contributed by atoms with Crippen LogP contribution in [0.1, 0.15) is 68.2 Å². The van der Waals surface area contributed by atoms with Crippen LogP contribution < -0.4 is 9.47 Å². The largest absolute Gasteiger partial charge is 0.495 e. The highest BCUT2D eigenvalue weighted by Crippen LogP contribution is 2.47. The van der Waals surface area contributed by atoms with Crippen LogP contribution in [0.2, 0.25) is 5.02 Å². The van der Waals surface area contributed by atoms with Gasteiger partial charge in [0.25, 0.3) is 0 Å². The van der Waals surface area contributed by atoms with Crippen molar-refractivity contribution in [2.75, 3.05) is 13.7 Å². The first kappa shape index (κ1) is 25.3. The predicted molar refractivity (Wildman–Crippen MR) is 136 cm³/mol. The Morgan fingerprint density at radius 1 is 1.06 bits per heavy atom. The molecule has 4 rings (SSSR count). The third kappa shape index (κ3) is 5.23. The molecule has 6 heteroatoms. The number of hydrogen-bond acceptors (Lipinski definition) is 5. The molecule has 0 aromatic heterocycles. The van der Waals surface area contributed by atoms with Crippen LogP contribution in [0.5, 0.6) is 11.5 Å². The molecule has 2 aliphatic heterocycles. The van der Waals surface area contributed by atoms with E-state index < -0.39 is 11.2 Å². The highest BCUT2D eigenvalue weighted by atomic mass is 35.5. The highest BCUT2D eigenvalue weighted by Gasteiger charge is 2.48. The number of piperidine rings is 1. The summed E-state index contributed by atoms with van der Waals surface area (Å²) in [4.78, 5) is 2.58. The molecule has 5 nitrogen and oxygen atoms in total. The molecule has 0 aliphatic carbocycles. The number of methoxy groups -OCH3 is 1. The third-order valence-electron chi connectivity index (χ3n) is 7.78. The first-order chi connectivity index (χ1) is 16.0. The van der Waals surface area contributed by atoms with Crippen molar-refractivity contribution in [1.29, 1.82) is 0 Å². The standard InChI is InChI=1S/C28H38ClNO4/c1-18-19(2)25(34-13-12-27(3,4)31)11-6-20(18)17-30-22-8-9-23(30)16-28(32,15-22)21-7-10-24(29)26(14-21)33-5/h6-7,10-11,14,22-23,31-32H,8-9,12-13,15-17H2,1-5H3. The number of halogens is 1. The Morgan fingerprint density at radius 2 is 1.74 bits per heavy atom. The molecular weight excluding hydrogens is 450 g/mol. The molecule has 2 heterocycles. The van der Waals surface area contributed by atoms with Crippen molar-refractivity contribution in [2.45, 2.75) is 89.6 Å². The molecule has 2 N–H and O–H groups in total. The van der Waals surface area contributed by atoms with Gasteiger partial charge < -0.3 is 19.7 Å². The quantitative estimate of drug-likeness (QED) is 0.513. The molecule has 2 saturated heterocycles. The van der Waals surface area contributed by atoms with Crippen LogP contribution in [-0.4, -0.2) is 46.5 Å². The van der Waals surface area contributed by atoms with Crippen LogP contribution in [-0.2, 0) is 12.1 Å². The van der Waals surface area contributed by atoms with Crippen LogP contribution in [0, 0.1) is 13.8 Å². The lowest BCUT2D eigenvalue weighted by molar-refractivity contribution is -0.0596. The molecule has 0 spiro atoms. The molecule has 0 saturated carbocycles. The minimum Gasteiger partial charge on any atom is -0.495 e. The second-order valence-electron chi connectivity index (χ2n) is 10.7. The number of fused-ring (bicyclic) bond motifs is 2. The summed E-state index contributed by atoms with van der Waals surface area (Å²) in [5.41, 5.74) is 3.03. The molecule has 2 atom stereocenters. The van der Waals surface area contributed by atoms with Gasteiger partial charge in [-0.15, -0.1) is 0 Å². The van der Waals surface area contributed by atoms with Gasteiger partial charge in [-0.05, 0) is 93.8 Å². The van der Waals surface area contributed by atoms with Gasteiger partial charge in [0.15, 0.2) is 0 Å². The lowest BCUT2D eigenvalue weighted by atomic mass is 9.80. The fourth-order valence-electron chi connectivity index (χ4n) is 5.55. The number of nitrogens with zero attached hydrogens (tertiary/aromatic N) is 1. The van der Waals surface area contributed by atoms with Crippen molar-refractivity contribution in [2.24, 2.45) is 0 Å². The van der Waals surface area contributed by atoms with Gasteiger partial charge in [-0.1, -0.05) is 23.7 Å². The van der Waals surface area contributed by atoms with Crippen molar-refractivity contribution in [3.63, 3.8) is 0 Å². The Morgan fingerprint density at radius 3 is 2.35 bits per heavy atom. The first-order valence-corrected chi connectivity index (χ1v) is 12.6. The van der Waals surface area contributed by atoms with E-state index in [1.54, 1.807) is 21.0 Å². The first-order valence-electron chi connectivity index (χ1n) is 12.3. The van der Waals surface area contributed by atoms with Gasteiger partial charge in [0.2, 0.25) is 0 Å². The second kappa shape index (κ2) is 9.69. The Balaban J connectivity index is 1.47. The fourth-order valence-corrected chi connectivity index (χ4v) is 5.74. The molecular formula is C28H38ClNO4. The Bertz CT molecular complexity index is 1020. The van der Waals surface area contributed by atoms with E-state index in [0.717, 1.165) is 36.3 Å². The van der Waals surface area contributed by atoms with Crippen LogP contribution in [0.25, 0.3) is 0 Å². The summed E-state index contributed by atoms with van der Waals surface area (Å²) in [5, 5.41) is 22.1. The van der Waals surface area contributed by atoms with Crippen molar-refractivity contribution in [1.82, 2.24) is 4.90 Å². The summed E-state index contributed by atoms with van der Waals surface area (Å²) in [6.07, 6.45) is 4.23. The van der Waals surface area contributed by atoms with E-state index in [1.807, 2.05) is 18.2 Å². The maximum absolute atomic E-state index is 11.6. The Labute approximate surface area is 208 Å². The van der Waals surface area contributed by atoms with Crippen molar-refractivity contribution >= 4 is 11.6 Å². The zero-order valence-electron chi connectivity index (χ0n) is 21.0. The van der Waals surface area contributed by atoms with Crippen molar-refractivity contribution in [3.05, 3.63) is 57.6 Å². The molecule has 186 valence electrons. The minimum atomic E-state index is -0.858. The molecule has 2 aliphatic rings. The molecule has 2 unspecified atom stereocenters. The zero-order chi connectivity index (χ0) is 24.7. The van der Waals surface area contributed by atoms with E-state index in [-0.39, 0.29) is 0 Å². The van der Waals surface area contributed by atoms with Gasteiger partial charge in [-0.3, -0.25) is 4.90 Å². The normalized spacial score (nSPS) is 24.9. The SMILES string of the molecule is COc1cc(C2(O)CC3CCC(C2)N3Cc2ccc(OCCC(C)(C)O)c(C)c2C)ccc1Cl. The molecule has 0 radical (unpaired) electrons. The summed E-state index contributed by atoms with van der Waals surface area (Å²) < 4.78 is 11.4. The average Bonchev–Trinajstić information content (AvgIpc) is 3.01. The van der Waals surface area contributed by atoms with Crippen LogP contribution >= 0.6 is 11.6 Å². The molecule has 2 bridgehead atoms. The van der Waals surface area contributed by atoms with Crippen molar-refractivity contribution in [3.8, 4) is 11.5 Å². The Hall–Kier alpha value is -1.79. The Kier molecular flexibility index (Phi) is 7.21. The van der Waals surface area contributed by atoms with Crippen LogP contribution in [0.3, 0.4) is 0 Å². The molecule has 2 aromatic rings. The number of hydrogen-bond donors (Lipinski definition) is 2. The number of benzene rings is 2. The third-order valence-corrected chi connectivity index (χ3v) is 8.09. The van der Waals surface area contributed by atoms with E-state index in [1.165, 1.54) is 11.1 Å². The van der Waals surface area contributed by atoms with E-state index in [0.29, 0.717) is 48.7 Å². The van der Waals surface area contributed by atoms with Crippen molar-refractivity contribution < 1.29 is 19.7 Å². The van der Waals surface area contributed by atoms with Crippen LogP contribution in [0.15, 0.2) is 30.3 Å². The fraction of sp³-hybridized carbons (Fsp3) is 0.571. The maximum Gasteiger partial charge on any atom is 0.137 e. The predicted octanol–water partition coefficient (Wildman–Crippen LogP) is 5.52. The summed E-state index contributed by atoms with van der Waals surface area (Å²) in [7, 11) is 1.61. The van der Waals surface area contributed by atoms with Gasteiger partial charge in [0, 0.05) is 25.0 Å². The van der Waals surface area contributed by atoms with Gasteiger partial charge in [0.1, 0.15) is 11.5 Å². The monoisotopic (exact) mass is 487 g/mol. The molecule has 34 heavy (non-hydrogen) atoms. The summed E-state index contributed by atoms with van der Waals surface area (Å²) in [6, 6.07) is 10.6. The van der Waals surface area contributed by atoms with Gasteiger partial charge in [-0.2, -0.15) is 0 Å². The number of ether oxygens (including phenoxy) is 2. The van der Waals surface area contributed by atoms with E-state index in [4.69, 9.17) is 21.1 Å². The zero-order valence-corrected chi connectivity index (χ0v) is 21.8. The number of rotatable bonds is 8. The van der Waals surface area contributed by atoms with E-state index in [2.05, 4.69) is 30.9 Å².